The highest BCUT2D eigenvalue weighted by Gasteiger charge is 2.18. The van der Waals surface area contributed by atoms with Gasteiger partial charge in [0.15, 0.2) is 0 Å². The average Bonchev–Trinajstić information content (AvgIpc) is 3.21. The third-order valence-electron chi connectivity index (χ3n) is 5.08. The normalized spacial score (nSPS) is 10.8. The van der Waals surface area contributed by atoms with Crippen molar-refractivity contribution < 1.29 is 9.59 Å². The van der Waals surface area contributed by atoms with Crippen LogP contribution in [0.25, 0.3) is 5.69 Å². The van der Waals surface area contributed by atoms with E-state index in [1.807, 2.05) is 31.2 Å². The van der Waals surface area contributed by atoms with Crippen LogP contribution >= 0.6 is 0 Å². The van der Waals surface area contributed by atoms with E-state index in [-0.39, 0.29) is 11.7 Å². The van der Waals surface area contributed by atoms with Crippen LogP contribution < -0.4 is 10.6 Å². The van der Waals surface area contributed by atoms with Gasteiger partial charge in [-0.3, -0.25) is 14.6 Å². The summed E-state index contributed by atoms with van der Waals surface area (Å²) in [6, 6.07) is 18.1. The number of anilines is 2. The zero-order valence-corrected chi connectivity index (χ0v) is 18.6. The molecule has 166 valence electrons. The molecule has 0 spiro atoms. The first-order valence-corrected chi connectivity index (χ1v) is 10.6. The van der Waals surface area contributed by atoms with Crippen molar-refractivity contribution in [2.45, 2.75) is 26.7 Å². The zero-order chi connectivity index (χ0) is 23.4. The third kappa shape index (κ3) is 4.95. The highest BCUT2D eigenvalue weighted by atomic mass is 16.2. The van der Waals surface area contributed by atoms with Crippen LogP contribution in [0.1, 0.15) is 52.1 Å². The Balaban J connectivity index is 1.51. The molecule has 8 heteroatoms. The fraction of sp³-hybridized carbons (Fsp3) is 0.160. The van der Waals surface area contributed by atoms with Gasteiger partial charge < -0.3 is 10.6 Å². The Morgan fingerprint density at radius 2 is 1.55 bits per heavy atom. The summed E-state index contributed by atoms with van der Waals surface area (Å²) in [6.07, 6.45) is 3.11. The van der Waals surface area contributed by atoms with E-state index in [4.69, 9.17) is 0 Å². The molecule has 8 nitrogen and oxygen atoms in total. The number of pyridine rings is 1. The van der Waals surface area contributed by atoms with Crippen LogP contribution in [0, 0.1) is 6.92 Å². The molecule has 0 atom stereocenters. The fourth-order valence-corrected chi connectivity index (χ4v) is 3.45. The number of amides is 2. The summed E-state index contributed by atoms with van der Waals surface area (Å²) in [5.74, 6) is 0.285. The summed E-state index contributed by atoms with van der Waals surface area (Å²) in [5.41, 5.74) is 3.58. The smallest absolute Gasteiger partial charge is 0.295 e. The molecule has 0 saturated heterocycles. The maximum absolute atomic E-state index is 12.8. The van der Waals surface area contributed by atoms with E-state index >= 15 is 0 Å². The number of rotatable bonds is 6. The minimum Gasteiger partial charge on any atom is -0.322 e. The van der Waals surface area contributed by atoms with Gasteiger partial charge in [0, 0.05) is 29.3 Å². The molecule has 2 aromatic heterocycles. The minimum atomic E-state index is -0.434. The minimum absolute atomic E-state index is 0.0669. The maximum atomic E-state index is 12.8. The number of aryl methyl sites for hydroxylation is 1. The van der Waals surface area contributed by atoms with Gasteiger partial charge in [0.2, 0.25) is 5.82 Å². The number of carbonyl (C=O) groups excluding carboxylic acids is 2. The molecule has 0 aliphatic carbocycles. The molecule has 0 unspecified atom stereocenters. The van der Waals surface area contributed by atoms with Crippen LogP contribution in [0.2, 0.25) is 0 Å². The van der Waals surface area contributed by atoms with Gasteiger partial charge in [-0.2, -0.15) is 0 Å². The van der Waals surface area contributed by atoms with Crippen molar-refractivity contribution in [2.75, 3.05) is 10.6 Å². The molecule has 2 heterocycles. The molecular formula is C25H24N6O2. The number of aromatic nitrogens is 4. The van der Waals surface area contributed by atoms with Crippen LogP contribution in [0.15, 0.2) is 73.1 Å². The van der Waals surface area contributed by atoms with Gasteiger partial charge in [0.05, 0.1) is 5.69 Å². The Morgan fingerprint density at radius 1 is 0.879 bits per heavy atom. The molecule has 4 aromatic rings. The third-order valence-corrected chi connectivity index (χ3v) is 5.08. The lowest BCUT2D eigenvalue weighted by atomic mass is 10.0. The number of benzene rings is 2. The Kier molecular flexibility index (Phi) is 6.26. The number of hydrogen-bond donors (Lipinski definition) is 2. The molecule has 0 aliphatic heterocycles. The van der Waals surface area contributed by atoms with Crippen molar-refractivity contribution in [1.29, 1.82) is 0 Å². The topological polar surface area (TPSA) is 102 Å². The standard InChI is InChI=1S/C25H24N6O2/c1-16(2)21-9-4-5-10-22(21)31-17(3)27-23(30-31)25(33)29-20-8-6-7-19(15-20)28-24(32)18-11-13-26-14-12-18/h4-16H,1-3H3,(H,28,32)(H,29,33). The number of hydrogen-bond acceptors (Lipinski definition) is 5. The Labute approximate surface area is 191 Å². The first-order chi connectivity index (χ1) is 15.9. The van der Waals surface area contributed by atoms with Crippen molar-refractivity contribution >= 4 is 23.2 Å². The first-order valence-electron chi connectivity index (χ1n) is 10.6. The summed E-state index contributed by atoms with van der Waals surface area (Å²) in [5, 5.41) is 10.1. The summed E-state index contributed by atoms with van der Waals surface area (Å²) in [7, 11) is 0. The maximum Gasteiger partial charge on any atom is 0.295 e. The average molecular weight is 441 g/mol. The fourth-order valence-electron chi connectivity index (χ4n) is 3.45. The van der Waals surface area contributed by atoms with Crippen molar-refractivity contribution in [3.63, 3.8) is 0 Å². The van der Waals surface area contributed by atoms with Gasteiger partial charge in [-0.15, -0.1) is 5.10 Å². The second kappa shape index (κ2) is 9.44. The molecule has 2 aromatic carbocycles. The highest BCUT2D eigenvalue weighted by molar-refractivity contribution is 6.05. The molecule has 0 bridgehead atoms. The predicted molar refractivity (Wildman–Crippen MR) is 127 cm³/mol. The second-order valence-electron chi connectivity index (χ2n) is 7.83. The SMILES string of the molecule is Cc1nc(C(=O)Nc2cccc(NC(=O)c3ccncc3)c2)nn1-c1ccccc1C(C)C. The largest absolute Gasteiger partial charge is 0.322 e. The molecule has 33 heavy (non-hydrogen) atoms. The van der Waals surface area contributed by atoms with Crippen molar-refractivity contribution in [1.82, 2.24) is 19.7 Å². The molecular weight excluding hydrogens is 416 g/mol. The highest BCUT2D eigenvalue weighted by Crippen LogP contribution is 2.23. The number of para-hydroxylation sites is 1. The summed E-state index contributed by atoms with van der Waals surface area (Å²) >= 11 is 0. The van der Waals surface area contributed by atoms with E-state index in [9.17, 15) is 9.59 Å². The first kappa shape index (κ1) is 21.9. The van der Waals surface area contributed by atoms with E-state index < -0.39 is 5.91 Å². The zero-order valence-electron chi connectivity index (χ0n) is 18.6. The van der Waals surface area contributed by atoms with E-state index in [1.165, 1.54) is 0 Å². The van der Waals surface area contributed by atoms with E-state index in [2.05, 4.69) is 39.5 Å². The summed E-state index contributed by atoms with van der Waals surface area (Å²) in [4.78, 5) is 33.5. The Bertz CT molecular complexity index is 1300. The van der Waals surface area contributed by atoms with E-state index in [0.29, 0.717) is 28.7 Å². The van der Waals surface area contributed by atoms with E-state index in [0.717, 1.165) is 11.3 Å². The summed E-state index contributed by atoms with van der Waals surface area (Å²) in [6.45, 7) is 6.04. The number of nitrogens with zero attached hydrogens (tertiary/aromatic N) is 4. The van der Waals surface area contributed by atoms with Crippen molar-refractivity contribution in [3.05, 3.63) is 95.8 Å². The van der Waals surface area contributed by atoms with Gasteiger partial charge in [0.25, 0.3) is 11.8 Å². The number of carbonyl (C=O) groups is 2. The van der Waals surface area contributed by atoms with Crippen molar-refractivity contribution in [3.8, 4) is 5.69 Å². The predicted octanol–water partition coefficient (Wildman–Crippen LogP) is 4.60. The molecule has 2 amide bonds. The molecule has 0 fully saturated rings. The lowest BCUT2D eigenvalue weighted by molar-refractivity contribution is 0.101. The molecule has 4 rings (SSSR count). The molecule has 0 aliphatic rings. The second-order valence-corrected chi connectivity index (χ2v) is 7.83. The quantitative estimate of drug-likeness (QED) is 0.456. The van der Waals surface area contributed by atoms with Crippen LogP contribution in [0.5, 0.6) is 0 Å². The summed E-state index contributed by atoms with van der Waals surface area (Å²) < 4.78 is 1.69. The van der Waals surface area contributed by atoms with Gasteiger partial charge in [-0.1, -0.05) is 38.1 Å². The van der Waals surface area contributed by atoms with Crippen LogP contribution in [0.3, 0.4) is 0 Å². The monoisotopic (exact) mass is 440 g/mol. The lowest BCUT2D eigenvalue weighted by Crippen LogP contribution is -2.15. The number of nitrogens with one attached hydrogen (secondary N) is 2. The van der Waals surface area contributed by atoms with Gasteiger partial charge >= 0.3 is 0 Å². The Morgan fingerprint density at radius 3 is 2.24 bits per heavy atom. The molecule has 2 N–H and O–H groups in total. The van der Waals surface area contributed by atoms with Gasteiger partial charge in [0.1, 0.15) is 5.82 Å². The molecule has 0 saturated carbocycles. The van der Waals surface area contributed by atoms with Gasteiger partial charge in [-0.25, -0.2) is 9.67 Å². The van der Waals surface area contributed by atoms with Crippen LogP contribution in [-0.2, 0) is 0 Å². The van der Waals surface area contributed by atoms with Gasteiger partial charge in [-0.05, 0) is 54.8 Å². The molecule has 0 radical (unpaired) electrons. The van der Waals surface area contributed by atoms with Crippen LogP contribution in [0.4, 0.5) is 11.4 Å². The van der Waals surface area contributed by atoms with Crippen LogP contribution in [-0.4, -0.2) is 31.6 Å². The lowest BCUT2D eigenvalue weighted by Gasteiger charge is -2.12. The Hall–Kier alpha value is -4.33. The van der Waals surface area contributed by atoms with Crippen molar-refractivity contribution in [2.24, 2.45) is 0 Å². The van der Waals surface area contributed by atoms with E-state index in [1.54, 1.807) is 53.5 Å².